The molecule has 1 aromatic carbocycles. The summed E-state index contributed by atoms with van der Waals surface area (Å²) in [5.41, 5.74) is 0.772. The van der Waals surface area contributed by atoms with Crippen LogP contribution in [0.5, 0.6) is 0 Å². The van der Waals surface area contributed by atoms with Crippen LogP contribution in [0.1, 0.15) is 44.6 Å². The predicted octanol–water partition coefficient (Wildman–Crippen LogP) is 2.72. The highest BCUT2D eigenvalue weighted by molar-refractivity contribution is 5.75. The first kappa shape index (κ1) is 19.2. The topological polar surface area (TPSA) is 87.7 Å². The van der Waals surface area contributed by atoms with Crippen LogP contribution in [0.25, 0.3) is 0 Å². The van der Waals surface area contributed by atoms with Gasteiger partial charge >= 0.3 is 12.0 Å². The van der Waals surface area contributed by atoms with Crippen LogP contribution in [0.4, 0.5) is 4.79 Å². The Kier molecular flexibility index (Phi) is 7.25. The molecule has 1 aromatic rings. The summed E-state index contributed by atoms with van der Waals surface area (Å²) in [6, 6.07) is 9.31. The van der Waals surface area contributed by atoms with E-state index in [4.69, 9.17) is 9.84 Å². The smallest absolute Gasteiger partial charge is 0.315 e. The van der Waals surface area contributed by atoms with Gasteiger partial charge in [0.2, 0.25) is 0 Å². The second-order valence-electron chi connectivity index (χ2n) is 6.75. The molecule has 2 unspecified atom stereocenters. The van der Waals surface area contributed by atoms with E-state index < -0.39 is 5.97 Å². The molecule has 6 nitrogen and oxygen atoms in total. The van der Waals surface area contributed by atoms with Crippen molar-refractivity contribution in [2.75, 3.05) is 13.2 Å². The Bertz CT molecular complexity index is 556. The van der Waals surface area contributed by atoms with Crippen LogP contribution in [0.3, 0.4) is 0 Å². The van der Waals surface area contributed by atoms with Crippen molar-refractivity contribution in [2.24, 2.45) is 0 Å². The lowest BCUT2D eigenvalue weighted by molar-refractivity contribution is -0.137. The molecule has 1 aliphatic rings. The van der Waals surface area contributed by atoms with Gasteiger partial charge in [0.1, 0.15) is 0 Å². The van der Waals surface area contributed by atoms with Gasteiger partial charge in [0.15, 0.2) is 0 Å². The number of benzene rings is 1. The zero-order chi connectivity index (χ0) is 18.1. The molecule has 1 heterocycles. The van der Waals surface area contributed by atoms with Crippen molar-refractivity contribution >= 4 is 12.0 Å². The van der Waals surface area contributed by atoms with Crippen molar-refractivity contribution in [2.45, 2.75) is 57.0 Å². The summed E-state index contributed by atoms with van der Waals surface area (Å²) in [5.74, 6) is -0.855. The Labute approximate surface area is 149 Å². The fourth-order valence-corrected chi connectivity index (χ4v) is 3.33. The first-order valence-corrected chi connectivity index (χ1v) is 8.95. The standard InChI is InChI=1S/C19H28N2O4/c1-2-10-19(11-12-25-14-19)21-18(24)20-16(8-9-17(22)23)13-15-6-4-3-5-7-15/h3-7,16H,2,8-14H2,1H3,(H,22,23)(H2,20,21,24). The van der Waals surface area contributed by atoms with E-state index in [2.05, 4.69) is 17.6 Å². The first-order chi connectivity index (χ1) is 12.0. The van der Waals surface area contributed by atoms with E-state index >= 15 is 0 Å². The molecule has 2 atom stereocenters. The molecule has 1 aliphatic heterocycles. The van der Waals surface area contributed by atoms with E-state index in [0.29, 0.717) is 26.1 Å². The Morgan fingerprint density at radius 1 is 1.32 bits per heavy atom. The van der Waals surface area contributed by atoms with Crippen LogP contribution in [-0.4, -0.2) is 41.9 Å². The van der Waals surface area contributed by atoms with Crippen LogP contribution in [0, 0.1) is 0 Å². The van der Waals surface area contributed by atoms with Crippen molar-refractivity contribution in [3.05, 3.63) is 35.9 Å². The summed E-state index contributed by atoms with van der Waals surface area (Å²) < 4.78 is 5.47. The van der Waals surface area contributed by atoms with E-state index in [1.807, 2.05) is 30.3 Å². The normalized spacial score (nSPS) is 20.8. The quantitative estimate of drug-likeness (QED) is 0.640. The fourth-order valence-electron chi connectivity index (χ4n) is 3.33. The van der Waals surface area contributed by atoms with Crippen LogP contribution in [-0.2, 0) is 16.0 Å². The summed E-state index contributed by atoms with van der Waals surface area (Å²) in [6.45, 7) is 3.28. The number of rotatable bonds is 9. The number of carbonyl (C=O) groups is 2. The highest BCUT2D eigenvalue weighted by Gasteiger charge is 2.35. The van der Waals surface area contributed by atoms with Gasteiger partial charge in [-0.1, -0.05) is 43.7 Å². The van der Waals surface area contributed by atoms with Gasteiger partial charge in [-0.25, -0.2) is 4.79 Å². The molecule has 0 aromatic heterocycles. The zero-order valence-electron chi connectivity index (χ0n) is 14.8. The third kappa shape index (κ3) is 6.38. The lowest BCUT2D eigenvalue weighted by Crippen LogP contribution is -2.54. The molecule has 138 valence electrons. The number of hydrogen-bond acceptors (Lipinski definition) is 3. The molecule has 1 fully saturated rings. The van der Waals surface area contributed by atoms with E-state index in [1.165, 1.54) is 0 Å². The maximum atomic E-state index is 12.5. The van der Waals surface area contributed by atoms with E-state index in [0.717, 1.165) is 24.8 Å². The minimum absolute atomic E-state index is 0.0288. The van der Waals surface area contributed by atoms with Gasteiger partial charge < -0.3 is 20.5 Å². The van der Waals surface area contributed by atoms with E-state index in [1.54, 1.807) is 0 Å². The minimum Gasteiger partial charge on any atom is -0.481 e. The van der Waals surface area contributed by atoms with Crippen molar-refractivity contribution in [1.82, 2.24) is 10.6 Å². The molecule has 1 saturated heterocycles. The van der Waals surface area contributed by atoms with Gasteiger partial charge in [0.05, 0.1) is 12.1 Å². The fraction of sp³-hybridized carbons (Fsp3) is 0.579. The summed E-state index contributed by atoms with van der Waals surface area (Å²) in [4.78, 5) is 23.4. The molecule has 0 aliphatic carbocycles. The molecular formula is C19H28N2O4. The summed E-state index contributed by atoms with van der Waals surface area (Å²) in [5, 5.41) is 15.0. The molecule has 0 saturated carbocycles. The van der Waals surface area contributed by atoms with Crippen molar-refractivity contribution in [1.29, 1.82) is 0 Å². The molecule has 2 rings (SSSR count). The maximum Gasteiger partial charge on any atom is 0.315 e. The number of carboxylic acids is 1. The molecule has 0 radical (unpaired) electrons. The average Bonchev–Trinajstić information content (AvgIpc) is 3.02. The molecule has 0 bridgehead atoms. The second-order valence-corrected chi connectivity index (χ2v) is 6.75. The number of aliphatic carboxylic acids is 1. The summed E-state index contributed by atoms with van der Waals surface area (Å²) in [6.07, 6.45) is 3.69. The lowest BCUT2D eigenvalue weighted by Gasteiger charge is -2.30. The second kappa shape index (κ2) is 9.42. The maximum absolute atomic E-state index is 12.5. The molecular weight excluding hydrogens is 320 g/mol. The minimum atomic E-state index is -0.855. The van der Waals surface area contributed by atoms with E-state index in [9.17, 15) is 9.59 Å². The largest absolute Gasteiger partial charge is 0.481 e. The number of ether oxygens (including phenoxy) is 1. The average molecular weight is 348 g/mol. The van der Waals surface area contributed by atoms with Crippen molar-refractivity contribution < 1.29 is 19.4 Å². The number of carboxylic acid groups (broad SMARTS) is 1. The number of amides is 2. The van der Waals surface area contributed by atoms with Crippen molar-refractivity contribution in [3.63, 3.8) is 0 Å². The first-order valence-electron chi connectivity index (χ1n) is 8.95. The highest BCUT2D eigenvalue weighted by Crippen LogP contribution is 2.24. The third-order valence-electron chi connectivity index (χ3n) is 4.58. The predicted molar refractivity (Wildman–Crippen MR) is 95.5 cm³/mol. The van der Waals surface area contributed by atoms with Crippen molar-refractivity contribution in [3.8, 4) is 0 Å². The molecule has 0 spiro atoms. The van der Waals surface area contributed by atoms with Crippen LogP contribution < -0.4 is 10.6 Å². The SMILES string of the molecule is CCCC1(NC(=O)NC(CCC(=O)O)Cc2ccccc2)CCOC1. The van der Waals surface area contributed by atoms with Crippen LogP contribution in [0.15, 0.2) is 30.3 Å². The molecule has 6 heteroatoms. The lowest BCUT2D eigenvalue weighted by atomic mass is 9.93. The molecule has 3 N–H and O–H groups in total. The van der Waals surface area contributed by atoms with Crippen LogP contribution in [0.2, 0.25) is 0 Å². The van der Waals surface area contributed by atoms with Gasteiger partial charge in [-0.15, -0.1) is 0 Å². The molecule has 25 heavy (non-hydrogen) atoms. The highest BCUT2D eigenvalue weighted by atomic mass is 16.5. The van der Waals surface area contributed by atoms with Crippen LogP contribution >= 0.6 is 0 Å². The Balaban J connectivity index is 1.96. The Morgan fingerprint density at radius 3 is 2.68 bits per heavy atom. The number of carbonyl (C=O) groups excluding carboxylic acids is 1. The van der Waals surface area contributed by atoms with Gasteiger partial charge in [-0.2, -0.15) is 0 Å². The van der Waals surface area contributed by atoms with Gasteiger partial charge in [0, 0.05) is 19.1 Å². The number of nitrogens with one attached hydrogen (secondary N) is 2. The Hall–Kier alpha value is -2.08. The summed E-state index contributed by atoms with van der Waals surface area (Å²) in [7, 11) is 0. The van der Waals surface area contributed by atoms with E-state index in [-0.39, 0.29) is 24.0 Å². The monoisotopic (exact) mass is 348 g/mol. The zero-order valence-corrected chi connectivity index (χ0v) is 14.8. The number of urea groups is 1. The Morgan fingerprint density at radius 2 is 2.08 bits per heavy atom. The number of hydrogen-bond donors (Lipinski definition) is 3. The molecule has 2 amide bonds. The van der Waals surface area contributed by atoms with Gasteiger partial charge in [-0.3, -0.25) is 4.79 Å². The summed E-state index contributed by atoms with van der Waals surface area (Å²) >= 11 is 0. The third-order valence-corrected chi connectivity index (χ3v) is 4.58. The van der Waals surface area contributed by atoms with Gasteiger partial charge in [0.25, 0.3) is 0 Å². The van der Waals surface area contributed by atoms with Gasteiger partial charge in [-0.05, 0) is 31.2 Å².